The largest absolute Gasteiger partial charge is 0.487 e. The predicted octanol–water partition coefficient (Wildman–Crippen LogP) is 3.45. The molecule has 0 atom stereocenters. The highest BCUT2D eigenvalue weighted by atomic mass is 19.4. The molecular formula is C16H15F3N2O4. The maximum atomic E-state index is 12.7. The van der Waals surface area contributed by atoms with Gasteiger partial charge in [0.25, 0.3) is 0 Å². The van der Waals surface area contributed by atoms with E-state index in [4.69, 9.17) is 9.84 Å². The van der Waals surface area contributed by atoms with Crippen LogP contribution < -0.4 is 4.74 Å². The van der Waals surface area contributed by atoms with Crippen LogP contribution in [-0.4, -0.2) is 33.6 Å². The highest BCUT2D eigenvalue weighted by Crippen LogP contribution is 2.27. The molecule has 0 aliphatic carbocycles. The van der Waals surface area contributed by atoms with Gasteiger partial charge in [0.2, 0.25) is 5.76 Å². The molecule has 0 radical (unpaired) electrons. The highest BCUT2D eigenvalue weighted by Gasteiger charge is 2.36. The lowest BCUT2D eigenvalue weighted by Crippen LogP contribution is -2.15. The Hall–Kier alpha value is -2.97. The molecule has 1 heterocycles. The van der Waals surface area contributed by atoms with Crippen molar-refractivity contribution >= 4 is 5.97 Å². The Kier molecular flexibility index (Phi) is 5.68. The van der Waals surface area contributed by atoms with E-state index in [1.54, 1.807) is 12.1 Å². The smallest absolute Gasteiger partial charge is 0.452 e. The number of aromatic nitrogens is 2. The van der Waals surface area contributed by atoms with Gasteiger partial charge in [-0.1, -0.05) is 12.1 Å². The first-order chi connectivity index (χ1) is 11.8. The number of ether oxygens (including phenoxy) is 2. The molecule has 0 unspecified atom stereocenters. The molecule has 0 spiro atoms. The summed E-state index contributed by atoms with van der Waals surface area (Å²) >= 11 is 0. The van der Waals surface area contributed by atoms with E-state index in [0.29, 0.717) is 12.8 Å². The summed E-state index contributed by atoms with van der Waals surface area (Å²) in [6.07, 6.45) is -1.49. The van der Waals surface area contributed by atoms with Crippen LogP contribution in [0.1, 0.15) is 22.8 Å². The predicted molar refractivity (Wildman–Crippen MR) is 81.1 cm³/mol. The molecule has 0 amide bonds. The minimum atomic E-state index is -4.63. The number of carboxylic acids is 1. The van der Waals surface area contributed by atoms with Crippen LogP contribution in [0.4, 0.5) is 13.2 Å². The van der Waals surface area contributed by atoms with Crippen LogP contribution in [0, 0.1) is 0 Å². The van der Waals surface area contributed by atoms with Crippen molar-refractivity contribution in [2.75, 3.05) is 6.61 Å². The molecule has 0 saturated heterocycles. The van der Waals surface area contributed by atoms with Gasteiger partial charge in [0.15, 0.2) is 0 Å². The molecule has 9 heteroatoms. The van der Waals surface area contributed by atoms with E-state index in [2.05, 4.69) is 9.84 Å². The van der Waals surface area contributed by atoms with Crippen LogP contribution in [0.3, 0.4) is 0 Å². The summed E-state index contributed by atoms with van der Waals surface area (Å²) < 4.78 is 48.9. The van der Waals surface area contributed by atoms with Crippen LogP contribution in [0.25, 0.3) is 0 Å². The van der Waals surface area contributed by atoms with Gasteiger partial charge in [-0.25, -0.2) is 4.79 Å². The Morgan fingerprint density at radius 1 is 1.32 bits per heavy atom. The summed E-state index contributed by atoms with van der Waals surface area (Å²) in [5.41, 5.74) is 0.845. The zero-order chi connectivity index (χ0) is 18.4. The van der Waals surface area contributed by atoms with Gasteiger partial charge in [-0.2, -0.15) is 18.3 Å². The SMILES string of the molecule is CCO/C(=C\Oc1ccc(Cn2cc(C(=O)O)cn2)cc1)C(F)(F)F. The Morgan fingerprint density at radius 3 is 2.52 bits per heavy atom. The fourth-order valence-electron chi connectivity index (χ4n) is 1.88. The normalized spacial score (nSPS) is 12.1. The Labute approximate surface area is 141 Å². The maximum absolute atomic E-state index is 12.7. The van der Waals surface area contributed by atoms with Gasteiger partial charge >= 0.3 is 12.1 Å². The number of benzene rings is 1. The number of carbonyl (C=O) groups is 1. The van der Waals surface area contributed by atoms with E-state index < -0.39 is 17.9 Å². The first-order valence-electron chi connectivity index (χ1n) is 7.21. The third-order valence-corrected chi connectivity index (χ3v) is 3.03. The zero-order valence-electron chi connectivity index (χ0n) is 13.2. The number of rotatable bonds is 7. The van der Waals surface area contributed by atoms with Crippen LogP contribution >= 0.6 is 0 Å². The summed E-state index contributed by atoms with van der Waals surface area (Å²) in [5.74, 6) is -2.08. The standard InChI is InChI=1S/C16H15F3N2O4/c1-2-24-14(16(17,18)19)10-25-13-5-3-11(4-6-13)8-21-9-12(7-20-21)15(22)23/h3-7,9-10H,2,8H2,1H3,(H,22,23)/b14-10-. The Bertz CT molecular complexity index is 751. The second-order valence-electron chi connectivity index (χ2n) is 4.91. The molecule has 6 nitrogen and oxygen atoms in total. The molecule has 0 saturated carbocycles. The van der Waals surface area contributed by atoms with Crippen molar-refractivity contribution in [3.05, 3.63) is 59.8 Å². The minimum absolute atomic E-state index is 0.0701. The second kappa shape index (κ2) is 7.73. The lowest BCUT2D eigenvalue weighted by Gasteiger charge is -2.12. The van der Waals surface area contributed by atoms with Crippen molar-refractivity contribution in [2.24, 2.45) is 0 Å². The minimum Gasteiger partial charge on any atom is -0.487 e. The Morgan fingerprint density at radius 2 is 2.00 bits per heavy atom. The van der Waals surface area contributed by atoms with Crippen LogP contribution in [0.2, 0.25) is 0 Å². The molecule has 0 aliphatic rings. The summed E-state index contributed by atoms with van der Waals surface area (Å²) in [4.78, 5) is 10.8. The summed E-state index contributed by atoms with van der Waals surface area (Å²) in [6.45, 7) is 1.63. The molecule has 1 N–H and O–H groups in total. The van der Waals surface area contributed by atoms with E-state index in [9.17, 15) is 18.0 Å². The van der Waals surface area contributed by atoms with Gasteiger partial charge < -0.3 is 14.6 Å². The number of alkyl halides is 3. The topological polar surface area (TPSA) is 73.6 Å². The molecule has 0 fully saturated rings. The van der Waals surface area contributed by atoms with Gasteiger partial charge in [-0.05, 0) is 24.6 Å². The molecule has 2 aromatic rings. The third-order valence-electron chi connectivity index (χ3n) is 3.03. The van der Waals surface area contributed by atoms with Gasteiger partial charge in [-0.3, -0.25) is 4.68 Å². The quantitative estimate of drug-likeness (QED) is 0.769. The first kappa shape index (κ1) is 18.4. The molecule has 0 bridgehead atoms. The van der Waals surface area contributed by atoms with Gasteiger partial charge in [-0.15, -0.1) is 0 Å². The van der Waals surface area contributed by atoms with Crippen molar-refractivity contribution in [3.63, 3.8) is 0 Å². The monoisotopic (exact) mass is 356 g/mol. The average molecular weight is 356 g/mol. The molecule has 25 heavy (non-hydrogen) atoms. The molecule has 1 aromatic carbocycles. The fraction of sp³-hybridized carbons (Fsp3) is 0.250. The number of nitrogens with zero attached hydrogens (tertiary/aromatic N) is 2. The summed E-state index contributed by atoms with van der Waals surface area (Å²) in [5, 5.41) is 12.7. The van der Waals surface area contributed by atoms with Crippen molar-refractivity contribution in [1.29, 1.82) is 0 Å². The van der Waals surface area contributed by atoms with Crippen LogP contribution in [-0.2, 0) is 11.3 Å². The van der Waals surface area contributed by atoms with Crippen molar-refractivity contribution in [1.82, 2.24) is 9.78 Å². The third kappa shape index (κ3) is 5.27. The van der Waals surface area contributed by atoms with Crippen molar-refractivity contribution in [2.45, 2.75) is 19.6 Å². The second-order valence-corrected chi connectivity index (χ2v) is 4.91. The van der Waals surface area contributed by atoms with Gasteiger partial charge in [0.05, 0.1) is 24.9 Å². The van der Waals surface area contributed by atoms with Gasteiger partial charge in [0.1, 0.15) is 12.0 Å². The van der Waals surface area contributed by atoms with E-state index >= 15 is 0 Å². The van der Waals surface area contributed by atoms with Crippen molar-refractivity contribution in [3.8, 4) is 5.75 Å². The number of hydrogen-bond donors (Lipinski definition) is 1. The molecule has 2 rings (SSSR count). The molecule has 134 valence electrons. The lowest BCUT2D eigenvalue weighted by molar-refractivity contribution is -0.132. The number of carboxylic acid groups (broad SMARTS) is 1. The lowest BCUT2D eigenvalue weighted by atomic mass is 10.2. The van der Waals surface area contributed by atoms with Gasteiger partial charge in [0, 0.05) is 6.20 Å². The average Bonchev–Trinajstić information content (AvgIpc) is 3.00. The Balaban J connectivity index is 2.02. The summed E-state index contributed by atoms with van der Waals surface area (Å²) in [7, 11) is 0. The number of aromatic carboxylic acids is 1. The van der Waals surface area contributed by atoms with E-state index in [-0.39, 0.29) is 17.9 Å². The van der Waals surface area contributed by atoms with Crippen LogP contribution in [0.15, 0.2) is 48.7 Å². The van der Waals surface area contributed by atoms with E-state index in [0.717, 1.165) is 5.56 Å². The number of halogens is 3. The maximum Gasteiger partial charge on any atom is 0.452 e. The van der Waals surface area contributed by atoms with E-state index in [1.165, 1.54) is 36.1 Å². The molecule has 1 aromatic heterocycles. The molecular weight excluding hydrogens is 341 g/mol. The van der Waals surface area contributed by atoms with Crippen LogP contribution in [0.5, 0.6) is 5.75 Å². The summed E-state index contributed by atoms with van der Waals surface area (Å²) in [6, 6.07) is 6.26. The molecule has 0 aliphatic heterocycles. The zero-order valence-corrected chi connectivity index (χ0v) is 13.2. The fourth-order valence-corrected chi connectivity index (χ4v) is 1.88. The first-order valence-corrected chi connectivity index (χ1v) is 7.21. The van der Waals surface area contributed by atoms with Crippen molar-refractivity contribution < 1.29 is 32.5 Å². The highest BCUT2D eigenvalue weighted by molar-refractivity contribution is 5.86. The van der Waals surface area contributed by atoms with E-state index in [1.807, 2.05) is 0 Å². The number of allylic oxidation sites excluding steroid dienone is 1. The number of hydrogen-bond acceptors (Lipinski definition) is 4.